The van der Waals surface area contributed by atoms with Gasteiger partial charge in [0.15, 0.2) is 12.0 Å². The molecule has 0 unspecified atom stereocenters. The Labute approximate surface area is 127 Å². The largest absolute Gasteiger partial charge is 0.383 e. The number of nitrogen functional groups attached to an aromatic ring is 1. The second kappa shape index (κ2) is 4.52. The summed E-state index contributed by atoms with van der Waals surface area (Å²) in [6, 6.07) is 1.88. The standard InChI is InChI=1S/C15H18N4O3/c1-4-9-10-11(22-15(2,3)21-10)14(20-9)19-6-5-8-12(16)17-7-18-13(8)19/h4-7,9-11,14H,1H2,2-3H3,(H2,16,17,18)/t9-,10-,11-,14-/m1/s1. The summed E-state index contributed by atoms with van der Waals surface area (Å²) >= 11 is 0. The van der Waals surface area contributed by atoms with Gasteiger partial charge in [-0.15, -0.1) is 6.58 Å². The number of rotatable bonds is 2. The van der Waals surface area contributed by atoms with Gasteiger partial charge in [0.05, 0.1) is 5.39 Å². The van der Waals surface area contributed by atoms with E-state index < -0.39 is 5.79 Å². The van der Waals surface area contributed by atoms with Crippen LogP contribution >= 0.6 is 0 Å². The van der Waals surface area contributed by atoms with Crippen molar-refractivity contribution < 1.29 is 14.2 Å². The van der Waals surface area contributed by atoms with Crippen LogP contribution in [0.15, 0.2) is 31.2 Å². The summed E-state index contributed by atoms with van der Waals surface area (Å²) in [4.78, 5) is 8.33. The minimum absolute atomic E-state index is 0.186. The van der Waals surface area contributed by atoms with E-state index in [-0.39, 0.29) is 24.5 Å². The third kappa shape index (κ3) is 1.86. The number of ether oxygens (including phenoxy) is 3. The van der Waals surface area contributed by atoms with Gasteiger partial charge in [-0.25, -0.2) is 9.97 Å². The molecule has 4 atom stereocenters. The maximum atomic E-state index is 6.06. The van der Waals surface area contributed by atoms with Gasteiger partial charge >= 0.3 is 0 Å². The summed E-state index contributed by atoms with van der Waals surface area (Å²) < 4.78 is 20.0. The van der Waals surface area contributed by atoms with E-state index in [9.17, 15) is 0 Å². The molecule has 7 heteroatoms. The summed E-state index contributed by atoms with van der Waals surface area (Å²) in [5, 5.41) is 0.794. The smallest absolute Gasteiger partial charge is 0.165 e. The molecule has 2 aromatic rings. The highest BCUT2D eigenvalue weighted by Crippen LogP contribution is 2.44. The molecule has 0 amide bonds. The van der Waals surface area contributed by atoms with E-state index >= 15 is 0 Å². The predicted octanol–water partition coefficient (Wildman–Crippen LogP) is 1.62. The van der Waals surface area contributed by atoms with Crippen LogP contribution in [0.2, 0.25) is 0 Å². The molecule has 116 valence electrons. The first-order valence-corrected chi connectivity index (χ1v) is 7.21. The Morgan fingerprint density at radius 1 is 1.32 bits per heavy atom. The highest BCUT2D eigenvalue weighted by Gasteiger charge is 2.55. The van der Waals surface area contributed by atoms with E-state index in [0.717, 1.165) is 5.39 Å². The number of hydrogen-bond donors (Lipinski definition) is 1. The number of nitrogens with two attached hydrogens (primary N) is 1. The van der Waals surface area contributed by atoms with Gasteiger partial charge in [0.1, 0.15) is 36.1 Å². The summed E-state index contributed by atoms with van der Waals surface area (Å²) in [5.41, 5.74) is 6.61. The third-order valence-electron chi connectivity index (χ3n) is 4.11. The number of nitrogens with zero attached hydrogens (tertiary/aromatic N) is 3. The molecule has 7 nitrogen and oxygen atoms in total. The minimum atomic E-state index is -0.643. The van der Waals surface area contributed by atoms with Gasteiger partial charge < -0.3 is 24.5 Å². The maximum absolute atomic E-state index is 6.06. The molecule has 2 saturated heterocycles. The summed E-state index contributed by atoms with van der Waals surface area (Å²) in [5.74, 6) is -0.197. The van der Waals surface area contributed by atoms with Crippen LogP contribution in [0.25, 0.3) is 11.0 Å². The third-order valence-corrected chi connectivity index (χ3v) is 4.11. The van der Waals surface area contributed by atoms with Gasteiger partial charge in [-0.3, -0.25) is 0 Å². The van der Waals surface area contributed by atoms with Crippen LogP contribution in [0.1, 0.15) is 20.1 Å². The molecule has 0 spiro atoms. The molecule has 2 N–H and O–H groups in total. The van der Waals surface area contributed by atoms with Crippen LogP contribution in [0.5, 0.6) is 0 Å². The molecule has 0 radical (unpaired) electrons. The predicted molar refractivity (Wildman–Crippen MR) is 79.9 cm³/mol. The molecular weight excluding hydrogens is 284 g/mol. The number of anilines is 1. The van der Waals surface area contributed by atoms with Crippen LogP contribution in [0.3, 0.4) is 0 Å². The SMILES string of the molecule is C=C[C@H]1O[C@@H](n2ccc3c(N)ncnc32)[C@@H]2OC(C)(C)O[C@@H]21. The van der Waals surface area contributed by atoms with Gasteiger partial charge in [-0.2, -0.15) is 0 Å². The first-order chi connectivity index (χ1) is 10.5. The second-order valence-electron chi connectivity index (χ2n) is 6.01. The molecular formula is C15H18N4O3. The Bertz CT molecular complexity index is 741. The maximum Gasteiger partial charge on any atom is 0.165 e. The first-order valence-electron chi connectivity index (χ1n) is 7.21. The van der Waals surface area contributed by atoms with Gasteiger partial charge in [0, 0.05) is 6.20 Å². The second-order valence-corrected chi connectivity index (χ2v) is 6.01. The Morgan fingerprint density at radius 3 is 2.86 bits per heavy atom. The lowest BCUT2D eigenvalue weighted by molar-refractivity contribution is -0.191. The van der Waals surface area contributed by atoms with Crippen LogP contribution in [0, 0.1) is 0 Å². The van der Waals surface area contributed by atoms with Crippen LogP contribution in [0.4, 0.5) is 5.82 Å². The Kier molecular flexibility index (Phi) is 2.81. The number of hydrogen-bond acceptors (Lipinski definition) is 6. The van der Waals surface area contributed by atoms with Crippen molar-refractivity contribution >= 4 is 16.9 Å². The Morgan fingerprint density at radius 2 is 2.09 bits per heavy atom. The van der Waals surface area contributed by atoms with Crippen molar-refractivity contribution in [3.63, 3.8) is 0 Å². The molecule has 0 bridgehead atoms. The normalized spacial score (nSPS) is 33.2. The van der Waals surface area contributed by atoms with E-state index in [0.29, 0.717) is 11.5 Å². The highest BCUT2D eigenvalue weighted by atomic mass is 16.8. The van der Waals surface area contributed by atoms with E-state index in [4.69, 9.17) is 19.9 Å². The highest BCUT2D eigenvalue weighted by molar-refractivity contribution is 5.86. The molecule has 4 rings (SSSR count). The van der Waals surface area contributed by atoms with E-state index in [1.807, 2.05) is 30.7 Å². The zero-order chi connectivity index (χ0) is 15.5. The molecule has 22 heavy (non-hydrogen) atoms. The molecule has 2 aliphatic heterocycles. The van der Waals surface area contributed by atoms with Crippen molar-refractivity contribution in [3.8, 4) is 0 Å². The summed E-state index contributed by atoms with van der Waals surface area (Å²) in [7, 11) is 0. The lowest BCUT2D eigenvalue weighted by Crippen LogP contribution is -2.27. The molecule has 2 aliphatic rings. The van der Waals surface area contributed by atoms with Gasteiger partial charge in [-0.05, 0) is 19.9 Å². The van der Waals surface area contributed by atoms with Crippen molar-refractivity contribution in [3.05, 3.63) is 31.2 Å². The molecule has 0 aromatic carbocycles. The van der Waals surface area contributed by atoms with Crippen molar-refractivity contribution in [2.45, 2.75) is 44.2 Å². The molecule has 4 heterocycles. The topological polar surface area (TPSA) is 84.4 Å². The quantitative estimate of drug-likeness (QED) is 0.849. The van der Waals surface area contributed by atoms with Gasteiger partial charge in [0.25, 0.3) is 0 Å². The summed E-state index contributed by atoms with van der Waals surface area (Å²) in [6.07, 6.45) is 4.09. The first kappa shape index (κ1) is 13.7. The van der Waals surface area contributed by atoms with Gasteiger partial charge in [0.2, 0.25) is 0 Å². The molecule has 0 aliphatic carbocycles. The van der Waals surface area contributed by atoms with Crippen molar-refractivity contribution in [1.82, 2.24) is 14.5 Å². The molecule has 2 aromatic heterocycles. The Balaban J connectivity index is 1.78. The van der Waals surface area contributed by atoms with E-state index in [1.54, 1.807) is 6.08 Å². The number of aromatic nitrogens is 3. The van der Waals surface area contributed by atoms with Crippen molar-refractivity contribution in [2.75, 3.05) is 5.73 Å². The average Bonchev–Trinajstić information content (AvgIpc) is 3.10. The molecule has 0 saturated carbocycles. The number of fused-ring (bicyclic) bond motifs is 2. The van der Waals surface area contributed by atoms with Crippen molar-refractivity contribution in [2.24, 2.45) is 0 Å². The van der Waals surface area contributed by atoms with Gasteiger partial charge in [-0.1, -0.05) is 6.08 Å². The lowest BCUT2D eigenvalue weighted by Gasteiger charge is -2.24. The summed E-state index contributed by atoms with van der Waals surface area (Å²) in [6.45, 7) is 7.63. The zero-order valence-corrected chi connectivity index (χ0v) is 12.5. The van der Waals surface area contributed by atoms with E-state index in [2.05, 4.69) is 16.5 Å². The average molecular weight is 302 g/mol. The minimum Gasteiger partial charge on any atom is -0.383 e. The van der Waals surface area contributed by atoms with Crippen LogP contribution in [-0.2, 0) is 14.2 Å². The Hall–Kier alpha value is -1.96. The van der Waals surface area contributed by atoms with Crippen LogP contribution < -0.4 is 5.73 Å². The zero-order valence-electron chi connectivity index (χ0n) is 12.5. The fourth-order valence-electron chi connectivity index (χ4n) is 3.22. The fraction of sp³-hybridized carbons (Fsp3) is 0.467. The van der Waals surface area contributed by atoms with E-state index in [1.165, 1.54) is 6.33 Å². The van der Waals surface area contributed by atoms with Crippen molar-refractivity contribution in [1.29, 1.82) is 0 Å². The fourth-order valence-corrected chi connectivity index (χ4v) is 3.22. The lowest BCUT2D eigenvalue weighted by atomic mass is 10.1. The molecule has 2 fully saturated rings. The monoisotopic (exact) mass is 302 g/mol. The van der Waals surface area contributed by atoms with Crippen LogP contribution in [-0.4, -0.2) is 38.6 Å².